The van der Waals surface area contributed by atoms with Crippen molar-refractivity contribution in [2.45, 2.75) is 39.2 Å². The zero-order valence-electron chi connectivity index (χ0n) is 12.7. The number of piperidine rings is 1. The molecule has 2 rings (SSSR count). The molecule has 1 aromatic rings. The van der Waals surface area contributed by atoms with E-state index in [1.54, 1.807) is 0 Å². The summed E-state index contributed by atoms with van der Waals surface area (Å²) in [7, 11) is -3.36. The van der Waals surface area contributed by atoms with Gasteiger partial charge in [-0.3, -0.25) is 4.79 Å². The molecule has 1 atom stereocenters. The van der Waals surface area contributed by atoms with Crippen LogP contribution in [0, 0.1) is 13.8 Å². The normalized spacial score (nSPS) is 20.2. The third-order valence-electron chi connectivity index (χ3n) is 4.04. The van der Waals surface area contributed by atoms with Crippen LogP contribution in [0.15, 0.2) is 18.2 Å². The van der Waals surface area contributed by atoms with Gasteiger partial charge < -0.3 is 5.32 Å². The number of carbonyl (C=O) groups excluding carboxylic acids is 1. The van der Waals surface area contributed by atoms with Crippen molar-refractivity contribution >= 4 is 21.6 Å². The van der Waals surface area contributed by atoms with Crippen molar-refractivity contribution < 1.29 is 13.2 Å². The molecule has 0 aromatic heterocycles. The van der Waals surface area contributed by atoms with Gasteiger partial charge in [0.25, 0.3) is 0 Å². The summed E-state index contributed by atoms with van der Waals surface area (Å²) in [5, 5.41) is 2.88. The molecular weight excluding hydrogens is 288 g/mol. The van der Waals surface area contributed by atoms with Gasteiger partial charge >= 0.3 is 0 Å². The lowest BCUT2D eigenvalue weighted by atomic mass is 10.0. The maximum absolute atomic E-state index is 12.5. The Morgan fingerprint density at radius 2 is 2.00 bits per heavy atom. The summed E-state index contributed by atoms with van der Waals surface area (Å²) in [6, 6.07) is 5.10. The lowest BCUT2D eigenvalue weighted by molar-refractivity contribution is -0.120. The molecule has 1 unspecified atom stereocenters. The SMILES string of the molecule is Cc1cccc(NC(=O)C2CCCCN2S(C)(=O)=O)c1C. The minimum atomic E-state index is -3.36. The van der Waals surface area contributed by atoms with E-state index in [-0.39, 0.29) is 5.91 Å². The van der Waals surface area contributed by atoms with Crippen LogP contribution < -0.4 is 5.32 Å². The van der Waals surface area contributed by atoms with Crippen molar-refractivity contribution in [1.29, 1.82) is 0 Å². The summed E-state index contributed by atoms with van der Waals surface area (Å²) in [5.74, 6) is -0.242. The van der Waals surface area contributed by atoms with E-state index in [0.717, 1.165) is 35.9 Å². The number of sulfonamides is 1. The standard InChI is InChI=1S/C15H22N2O3S/c1-11-7-6-8-13(12(11)2)16-15(18)14-9-4-5-10-17(14)21(3,19)20/h6-8,14H,4-5,9-10H2,1-3H3,(H,16,18). The van der Waals surface area contributed by atoms with Crippen molar-refractivity contribution in [3.63, 3.8) is 0 Å². The first kappa shape index (κ1) is 16.0. The fourth-order valence-electron chi connectivity index (χ4n) is 2.67. The minimum absolute atomic E-state index is 0.242. The number of benzene rings is 1. The maximum atomic E-state index is 12.5. The smallest absolute Gasteiger partial charge is 0.242 e. The number of aryl methyl sites for hydroxylation is 1. The lowest BCUT2D eigenvalue weighted by Crippen LogP contribution is -2.49. The third kappa shape index (κ3) is 3.63. The van der Waals surface area contributed by atoms with Crippen LogP contribution in [0.3, 0.4) is 0 Å². The molecule has 1 aliphatic rings. The zero-order chi connectivity index (χ0) is 15.6. The number of hydrogen-bond acceptors (Lipinski definition) is 3. The highest BCUT2D eigenvalue weighted by molar-refractivity contribution is 7.88. The first-order chi connectivity index (χ1) is 9.80. The maximum Gasteiger partial charge on any atom is 0.242 e. The number of nitrogens with zero attached hydrogens (tertiary/aromatic N) is 1. The van der Waals surface area contributed by atoms with E-state index in [0.29, 0.717) is 13.0 Å². The van der Waals surface area contributed by atoms with E-state index < -0.39 is 16.1 Å². The Morgan fingerprint density at radius 3 is 2.67 bits per heavy atom. The molecule has 1 fully saturated rings. The molecule has 1 aromatic carbocycles. The van der Waals surface area contributed by atoms with E-state index >= 15 is 0 Å². The second-order valence-electron chi connectivity index (χ2n) is 5.62. The minimum Gasteiger partial charge on any atom is -0.324 e. The first-order valence-corrected chi connectivity index (χ1v) is 8.99. The highest BCUT2D eigenvalue weighted by Crippen LogP contribution is 2.23. The predicted octanol–water partition coefficient (Wildman–Crippen LogP) is 2.06. The van der Waals surface area contributed by atoms with E-state index in [1.807, 2.05) is 32.0 Å². The Kier molecular flexibility index (Phi) is 4.68. The summed E-state index contributed by atoms with van der Waals surface area (Å²) in [4.78, 5) is 12.5. The predicted molar refractivity (Wildman–Crippen MR) is 83.7 cm³/mol. The van der Waals surface area contributed by atoms with E-state index in [2.05, 4.69) is 5.32 Å². The van der Waals surface area contributed by atoms with Crippen LogP contribution in [0.25, 0.3) is 0 Å². The molecule has 0 bridgehead atoms. The van der Waals surface area contributed by atoms with Gasteiger partial charge in [0.05, 0.1) is 6.26 Å². The van der Waals surface area contributed by atoms with Crippen LogP contribution >= 0.6 is 0 Å². The second-order valence-corrected chi connectivity index (χ2v) is 7.56. The molecule has 0 radical (unpaired) electrons. The highest BCUT2D eigenvalue weighted by atomic mass is 32.2. The molecule has 0 spiro atoms. The van der Waals surface area contributed by atoms with Gasteiger partial charge in [0.15, 0.2) is 0 Å². The average Bonchev–Trinajstić information content (AvgIpc) is 2.43. The summed E-state index contributed by atoms with van der Waals surface area (Å²) in [6.45, 7) is 4.35. The fourth-order valence-corrected chi connectivity index (χ4v) is 3.79. The van der Waals surface area contributed by atoms with Crippen LogP contribution in [0.1, 0.15) is 30.4 Å². The van der Waals surface area contributed by atoms with Crippen LogP contribution in [-0.2, 0) is 14.8 Å². The molecule has 116 valence electrons. The topological polar surface area (TPSA) is 66.5 Å². The number of anilines is 1. The number of amides is 1. The molecular formula is C15H22N2O3S. The van der Waals surface area contributed by atoms with Crippen molar-refractivity contribution in [3.8, 4) is 0 Å². The molecule has 6 heteroatoms. The quantitative estimate of drug-likeness (QED) is 0.929. The Bertz CT molecular complexity index is 640. The van der Waals surface area contributed by atoms with E-state index in [9.17, 15) is 13.2 Å². The largest absolute Gasteiger partial charge is 0.324 e. The van der Waals surface area contributed by atoms with Crippen molar-refractivity contribution in [2.24, 2.45) is 0 Å². The number of hydrogen-bond donors (Lipinski definition) is 1. The van der Waals surface area contributed by atoms with Gasteiger partial charge in [-0.2, -0.15) is 4.31 Å². The second kappa shape index (κ2) is 6.15. The molecule has 1 heterocycles. The number of carbonyl (C=O) groups is 1. The summed E-state index contributed by atoms with van der Waals surface area (Å²) in [5.41, 5.74) is 2.85. The molecule has 1 aliphatic heterocycles. The van der Waals surface area contributed by atoms with Crippen molar-refractivity contribution in [3.05, 3.63) is 29.3 Å². The van der Waals surface area contributed by atoms with Gasteiger partial charge in [-0.1, -0.05) is 18.6 Å². The Hall–Kier alpha value is -1.40. The molecule has 1 saturated heterocycles. The van der Waals surface area contributed by atoms with Gasteiger partial charge in [0.2, 0.25) is 15.9 Å². The molecule has 1 N–H and O–H groups in total. The zero-order valence-corrected chi connectivity index (χ0v) is 13.5. The van der Waals surface area contributed by atoms with Crippen LogP contribution in [0.2, 0.25) is 0 Å². The Balaban J connectivity index is 2.20. The third-order valence-corrected chi connectivity index (χ3v) is 5.33. The average molecular weight is 310 g/mol. The number of rotatable bonds is 3. The molecule has 0 aliphatic carbocycles. The summed E-state index contributed by atoms with van der Waals surface area (Å²) >= 11 is 0. The van der Waals surface area contributed by atoms with E-state index in [1.165, 1.54) is 4.31 Å². The van der Waals surface area contributed by atoms with E-state index in [4.69, 9.17) is 0 Å². The molecule has 5 nitrogen and oxygen atoms in total. The molecule has 21 heavy (non-hydrogen) atoms. The van der Waals surface area contributed by atoms with Gasteiger partial charge in [-0.15, -0.1) is 0 Å². The van der Waals surface area contributed by atoms with Crippen molar-refractivity contribution in [1.82, 2.24) is 4.31 Å². The van der Waals surface area contributed by atoms with Gasteiger partial charge in [-0.05, 0) is 43.9 Å². The van der Waals surface area contributed by atoms with Gasteiger partial charge in [0.1, 0.15) is 6.04 Å². The molecule has 1 amide bonds. The van der Waals surface area contributed by atoms with Crippen molar-refractivity contribution in [2.75, 3.05) is 18.1 Å². The molecule has 0 saturated carbocycles. The monoisotopic (exact) mass is 310 g/mol. The Morgan fingerprint density at radius 1 is 1.29 bits per heavy atom. The summed E-state index contributed by atoms with van der Waals surface area (Å²) < 4.78 is 25.0. The van der Waals surface area contributed by atoms with Crippen LogP contribution in [0.4, 0.5) is 5.69 Å². The first-order valence-electron chi connectivity index (χ1n) is 7.14. The summed E-state index contributed by atoms with van der Waals surface area (Å²) in [6.07, 6.45) is 3.41. The fraction of sp³-hybridized carbons (Fsp3) is 0.533. The number of nitrogens with one attached hydrogen (secondary N) is 1. The van der Waals surface area contributed by atoms with Gasteiger partial charge in [-0.25, -0.2) is 8.42 Å². The highest BCUT2D eigenvalue weighted by Gasteiger charge is 2.34. The van der Waals surface area contributed by atoms with Crippen LogP contribution in [0.5, 0.6) is 0 Å². The van der Waals surface area contributed by atoms with Crippen LogP contribution in [-0.4, -0.2) is 37.5 Å². The Labute approximate surface area is 126 Å². The lowest BCUT2D eigenvalue weighted by Gasteiger charge is -2.32. The van der Waals surface area contributed by atoms with Gasteiger partial charge in [0, 0.05) is 12.2 Å².